The molecule has 108 valence electrons. The zero-order valence-corrected chi connectivity index (χ0v) is 11.5. The van der Waals surface area contributed by atoms with E-state index in [-0.39, 0.29) is 5.91 Å². The molecule has 0 saturated carbocycles. The normalized spacial score (nSPS) is 20.6. The fourth-order valence-corrected chi connectivity index (χ4v) is 3.13. The molecule has 1 amide bonds. The van der Waals surface area contributed by atoms with Crippen LogP contribution in [0.5, 0.6) is 0 Å². The summed E-state index contributed by atoms with van der Waals surface area (Å²) >= 11 is 0. The summed E-state index contributed by atoms with van der Waals surface area (Å²) < 4.78 is 12.5. The first-order valence-electron chi connectivity index (χ1n) is 7.23. The number of anilines is 2. The van der Waals surface area contributed by atoms with Crippen molar-refractivity contribution >= 4 is 17.3 Å². The molecule has 3 rings (SSSR count). The number of carbonyl (C=O) groups is 1. The van der Waals surface area contributed by atoms with Crippen LogP contribution in [0.3, 0.4) is 0 Å². The molecule has 20 heavy (non-hydrogen) atoms. The Bertz CT molecular complexity index is 500. The van der Waals surface area contributed by atoms with Crippen LogP contribution in [0.1, 0.15) is 19.3 Å². The lowest BCUT2D eigenvalue weighted by atomic mass is 9.84. The Kier molecular flexibility index (Phi) is 3.61. The largest absolute Gasteiger partial charge is 0.369 e. The van der Waals surface area contributed by atoms with Crippen molar-refractivity contribution in [2.24, 2.45) is 0 Å². The van der Waals surface area contributed by atoms with Gasteiger partial charge in [0.15, 0.2) is 0 Å². The van der Waals surface area contributed by atoms with Gasteiger partial charge in [0.1, 0.15) is 5.54 Å². The standard InChI is InChI=1S/C15H20FN3O/c16-8-3-11-19-13-5-2-1-4-12(13)18-15(14(19)20)6-9-17-10-7-15/h1-2,4-5,17-18H,3,6-11H2. The second-order valence-electron chi connectivity index (χ2n) is 5.47. The minimum Gasteiger partial charge on any atom is -0.369 e. The third-order valence-electron chi connectivity index (χ3n) is 4.20. The molecule has 0 bridgehead atoms. The maximum atomic E-state index is 12.9. The summed E-state index contributed by atoms with van der Waals surface area (Å²) in [6.07, 6.45) is 1.92. The smallest absolute Gasteiger partial charge is 0.252 e. The van der Waals surface area contributed by atoms with Gasteiger partial charge < -0.3 is 15.5 Å². The quantitative estimate of drug-likeness (QED) is 0.887. The summed E-state index contributed by atoms with van der Waals surface area (Å²) in [5.41, 5.74) is 1.33. The van der Waals surface area contributed by atoms with Crippen LogP contribution >= 0.6 is 0 Å². The highest BCUT2D eigenvalue weighted by Gasteiger charge is 2.46. The number of para-hydroxylation sites is 2. The number of hydrogen-bond acceptors (Lipinski definition) is 3. The number of nitrogens with one attached hydrogen (secondary N) is 2. The Morgan fingerprint density at radius 3 is 2.75 bits per heavy atom. The summed E-state index contributed by atoms with van der Waals surface area (Å²) in [6.45, 7) is 1.72. The molecule has 0 aliphatic carbocycles. The van der Waals surface area contributed by atoms with E-state index in [1.807, 2.05) is 24.3 Å². The lowest BCUT2D eigenvalue weighted by Crippen LogP contribution is -2.61. The molecule has 4 nitrogen and oxygen atoms in total. The summed E-state index contributed by atoms with van der Waals surface area (Å²) in [5, 5.41) is 6.73. The van der Waals surface area contributed by atoms with Gasteiger partial charge in [-0.15, -0.1) is 0 Å². The fourth-order valence-electron chi connectivity index (χ4n) is 3.13. The second kappa shape index (κ2) is 5.40. The van der Waals surface area contributed by atoms with Crippen molar-refractivity contribution in [3.8, 4) is 0 Å². The maximum absolute atomic E-state index is 12.9. The van der Waals surface area contributed by atoms with Crippen molar-refractivity contribution in [3.05, 3.63) is 24.3 Å². The van der Waals surface area contributed by atoms with Crippen LogP contribution < -0.4 is 15.5 Å². The summed E-state index contributed by atoms with van der Waals surface area (Å²) in [4.78, 5) is 14.6. The van der Waals surface area contributed by atoms with Gasteiger partial charge in [-0.3, -0.25) is 9.18 Å². The van der Waals surface area contributed by atoms with Crippen molar-refractivity contribution in [1.29, 1.82) is 0 Å². The number of halogens is 1. The molecule has 2 aliphatic rings. The van der Waals surface area contributed by atoms with E-state index in [1.54, 1.807) is 4.90 Å². The third kappa shape index (κ3) is 2.16. The third-order valence-corrected chi connectivity index (χ3v) is 4.20. The lowest BCUT2D eigenvalue weighted by Gasteiger charge is -2.46. The van der Waals surface area contributed by atoms with E-state index in [2.05, 4.69) is 10.6 Å². The van der Waals surface area contributed by atoms with Crippen LogP contribution in [0.2, 0.25) is 0 Å². The molecule has 5 heteroatoms. The number of alkyl halides is 1. The number of benzene rings is 1. The molecule has 0 radical (unpaired) electrons. The number of rotatable bonds is 3. The van der Waals surface area contributed by atoms with Gasteiger partial charge in [0, 0.05) is 6.54 Å². The fraction of sp³-hybridized carbons (Fsp3) is 0.533. The molecule has 1 fully saturated rings. The Morgan fingerprint density at radius 2 is 2.00 bits per heavy atom. The predicted octanol–water partition coefficient (Wildman–Crippen LogP) is 1.93. The predicted molar refractivity (Wildman–Crippen MR) is 77.8 cm³/mol. The minimum atomic E-state index is -0.518. The molecule has 0 atom stereocenters. The molecule has 2 aliphatic heterocycles. The van der Waals surface area contributed by atoms with Crippen molar-refractivity contribution < 1.29 is 9.18 Å². The number of hydrogen-bond donors (Lipinski definition) is 2. The molecular weight excluding hydrogens is 257 g/mol. The molecule has 1 spiro atoms. The van der Waals surface area contributed by atoms with Gasteiger partial charge >= 0.3 is 0 Å². The Balaban J connectivity index is 1.97. The first-order chi connectivity index (χ1) is 9.77. The summed E-state index contributed by atoms with van der Waals surface area (Å²) in [7, 11) is 0. The highest BCUT2D eigenvalue weighted by Crippen LogP contribution is 2.38. The minimum absolute atomic E-state index is 0.0890. The van der Waals surface area contributed by atoms with E-state index in [0.29, 0.717) is 13.0 Å². The first-order valence-corrected chi connectivity index (χ1v) is 7.23. The first kappa shape index (κ1) is 13.4. The Labute approximate surface area is 118 Å². The van der Waals surface area contributed by atoms with Crippen LogP contribution in [-0.4, -0.2) is 37.8 Å². The van der Waals surface area contributed by atoms with Crippen LogP contribution in [-0.2, 0) is 4.79 Å². The second-order valence-corrected chi connectivity index (χ2v) is 5.47. The highest BCUT2D eigenvalue weighted by atomic mass is 19.1. The van der Waals surface area contributed by atoms with E-state index in [0.717, 1.165) is 37.3 Å². The van der Waals surface area contributed by atoms with Gasteiger partial charge in [0.2, 0.25) is 0 Å². The molecule has 2 N–H and O–H groups in total. The number of nitrogens with zero attached hydrogens (tertiary/aromatic N) is 1. The van der Waals surface area contributed by atoms with Crippen molar-refractivity contribution in [1.82, 2.24) is 5.32 Å². The SMILES string of the molecule is O=C1N(CCCF)c2ccccc2NC12CCNCC2. The maximum Gasteiger partial charge on any atom is 0.252 e. The molecule has 1 aromatic carbocycles. The number of fused-ring (bicyclic) bond motifs is 1. The van der Waals surface area contributed by atoms with Gasteiger partial charge in [0.25, 0.3) is 5.91 Å². The zero-order valence-electron chi connectivity index (χ0n) is 11.5. The summed E-state index contributed by atoms with van der Waals surface area (Å²) in [6, 6.07) is 7.79. The highest BCUT2D eigenvalue weighted by molar-refractivity contribution is 6.07. The van der Waals surface area contributed by atoms with Gasteiger partial charge in [-0.25, -0.2) is 0 Å². The van der Waals surface area contributed by atoms with E-state index < -0.39 is 12.2 Å². The number of piperidine rings is 1. The van der Waals surface area contributed by atoms with Crippen molar-refractivity contribution in [3.63, 3.8) is 0 Å². The lowest BCUT2D eigenvalue weighted by molar-refractivity contribution is -0.124. The zero-order chi connectivity index (χ0) is 14.0. The molecule has 2 heterocycles. The van der Waals surface area contributed by atoms with Gasteiger partial charge in [-0.1, -0.05) is 12.1 Å². The van der Waals surface area contributed by atoms with E-state index >= 15 is 0 Å². The molecule has 1 saturated heterocycles. The summed E-state index contributed by atoms with van der Waals surface area (Å²) in [5.74, 6) is 0.0890. The molecule has 1 aromatic rings. The van der Waals surface area contributed by atoms with Gasteiger partial charge in [-0.05, 0) is 44.5 Å². The van der Waals surface area contributed by atoms with Crippen molar-refractivity contribution in [2.75, 3.05) is 36.5 Å². The Hall–Kier alpha value is -1.62. The van der Waals surface area contributed by atoms with Crippen LogP contribution in [0.4, 0.5) is 15.8 Å². The average Bonchev–Trinajstić information content (AvgIpc) is 2.49. The van der Waals surface area contributed by atoms with Crippen LogP contribution in [0.25, 0.3) is 0 Å². The van der Waals surface area contributed by atoms with E-state index in [9.17, 15) is 9.18 Å². The molecular formula is C15H20FN3O. The Morgan fingerprint density at radius 1 is 1.25 bits per heavy atom. The molecule has 0 unspecified atom stereocenters. The van der Waals surface area contributed by atoms with E-state index in [1.165, 1.54) is 0 Å². The van der Waals surface area contributed by atoms with Crippen molar-refractivity contribution in [2.45, 2.75) is 24.8 Å². The average molecular weight is 277 g/mol. The number of amides is 1. The topological polar surface area (TPSA) is 44.4 Å². The van der Waals surface area contributed by atoms with Gasteiger partial charge in [0.05, 0.1) is 18.0 Å². The monoisotopic (exact) mass is 277 g/mol. The van der Waals surface area contributed by atoms with Gasteiger partial charge in [-0.2, -0.15) is 0 Å². The molecule has 0 aromatic heterocycles. The van der Waals surface area contributed by atoms with Crippen LogP contribution in [0, 0.1) is 0 Å². The van der Waals surface area contributed by atoms with E-state index in [4.69, 9.17) is 0 Å². The number of carbonyl (C=O) groups excluding carboxylic acids is 1. The van der Waals surface area contributed by atoms with Crippen LogP contribution in [0.15, 0.2) is 24.3 Å².